The van der Waals surface area contributed by atoms with Crippen LogP contribution in [-0.4, -0.2) is 61.8 Å². The van der Waals surface area contributed by atoms with E-state index in [9.17, 15) is 14.4 Å². The van der Waals surface area contributed by atoms with Crippen LogP contribution in [0.3, 0.4) is 0 Å². The highest BCUT2D eigenvalue weighted by Crippen LogP contribution is 2.16. The molecule has 11 nitrogen and oxygen atoms in total. The molecule has 0 bridgehead atoms. The molecule has 2 amide bonds. The maximum atomic E-state index is 12.4. The summed E-state index contributed by atoms with van der Waals surface area (Å²) in [6.07, 6.45) is 5.94. The highest BCUT2D eigenvalue weighted by molar-refractivity contribution is 5.98. The summed E-state index contributed by atoms with van der Waals surface area (Å²) in [5, 5.41) is 22.3. The standard InChI is InChI=1S/C19H23N7O4/c1-12(27)25-15(18(29)30)11-23-17(28)13-3-4-16-14(9-13)10-24-26(16)8-2-5-20-19-21-6-7-22-19/h3-4,6-7,9-10,15H,2,5,8,11H2,1H3,(H,23,28)(H,25,27)(H,29,30)(H2,20,21,22)/t15-/m0/s1. The van der Waals surface area contributed by atoms with Crippen LogP contribution in [0.15, 0.2) is 36.8 Å². The second-order valence-corrected chi connectivity index (χ2v) is 6.66. The molecule has 1 atom stereocenters. The summed E-state index contributed by atoms with van der Waals surface area (Å²) in [5.41, 5.74) is 1.28. The SMILES string of the molecule is CC(=O)N[C@@H](CNC(=O)c1ccc2c(cnn2CCCNc2ncc[nH]2)c1)C(=O)O. The van der Waals surface area contributed by atoms with Gasteiger partial charge in [0.05, 0.1) is 11.7 Å². The van der Waals surface area contributed by atoms with Crippen molar-refractivity contribution in [3.8, 4) is 0 Å². The zero-order chi connectivity index (χ0) is 21.5. The molecule has 0 spiro atoms. The first-order valence-electron chi connectivity index (χ1n) is 9.41. The van der Waals surface area contributed by atoms with Gasteiger partial charge in [-0.3, -0.25) is 14.3 Å². The number of rotatable bonds is 10. The van der Waals surface area contributed by atoms with Crippen LogP contribution >= 0.6 is 0 Å². The Morgan fingerprint density at radius 3 is 2.83 bits per heavy atom. The van der Waals surface area contributed by atoms with Gasteiger partial charge in [0.15, 0.2) is 5.95 Å². The van der Waals surface area contributed by atoms with Crippen molar-refractivity contribution in [3.05, 3.63) is 42.4 Å². The number of hydrogen-bond acceptors (Lipinski definition) is 6. The average Bonchev–Trinajstić information content (AvgIpc) is 3.37. The van der Waals surface area contributed by atoms with Gasteiger partial charge < -0.3 is 26.0 Å². The van der Waals surface area contributed by atoms with Crippen LogP contribution < -0.4 is 16.0 Å². The third-order valence-corrected chi connectivity index (χ3v) is 4.38. The molecule has 0 saturated carbocycles. The maximum Gasteiger partial charge on any atom is 0.328 e. The van der Waals surface area contributed by atoms with Crippen LogP contribution in [-0.2, 0) is 16.1 Å². The molecule has 2 heterocycles. The number of carbonyl (C=O) groups is 3. The van der Waals surface area contributed by atoms with Crippen molar-refractivity contribution in [2.24, 2.45) is 0 Å². The number of fused-ring (bicyclic) bond motifs is 1. The molecule has 0 saturated heterocycles. The van der Waals surface area contributed by atoms with E-state index in [0.717, 1.165) is 29.8 Å². The van der Waals surface area contributed by atoms with Gasteiger partial charge in [0.25, 0.3) is 5.91 Å². The van der Waals surface area contributed by atoms with E-state index in [1.54, 1.807) is 36.8 Å². The lowest BCUT2D eigenvalue weighted by molar-refractivity contribution is -0.141. The minimum atomic E-state index is -1.22. The fraction of sp³-hybridized carbons (Fsp3) is 0.316. The highest BCUT2D eigenvalue weighted by atomic mass is 16.4. The van der Waals surface area contributed by atoms with Crippen molar-refractivity contribution in [3.63, 3.8) is 0 Å². The first-order valence-corrected chi connectivity index (χ1v) is 9.41. The number of aromatic nitrogens is 4. The average molecular weight is 413 g/mol. The minimum Gasteiger partial charge on any atom is -0.480 e. The minimum absolute atomic E-state index is 0.215. The molecule has 158 valence electrons. The molecule has 0 radical (unpaired) electrons. The smallest absolute Gasteiger partial charge is 0.328 e. The van der Waals surface area contributed by atoms with Gasteiger partial charge in [-0.2, -0.15) is 5.10 Å². The quantitative estimate of drug-likeness (QED) is 0.305. The van der Waals surface area contributed by atoms with Gasteiger partial charge in [0.2, 0.25) is 5.91 Å². The molecule has 0 aliphatic carbocycles. The predicted octanol–water partition coefficient (Wildman–Crippen LogP) is 0.581. The molecule has 11 heteroatoms. The zero-order valence-electron chi connectivity index (χ0n) is 16.4. The predicted molar refractivity (Wildman–Crippen MR) is 109 cm³/mol. The first-order chi connectivity index (χ1) is 14.4. The second kappa shape index (κ2) is 9.54. The lowest BCUT2D eigenvalue weighted by Crippen LogP contribution is -2.47. The number of imidazole rings is 1. The van der Waals surface area contributed by atoms with E-state index < -0.39 is 23.8 Å². The van der Waals surface area contributed by atoms with Crippen molar-refractivity contribution in [1.82, 2.24) is 30.4 Å². The first kappa shape index (κ1) is 20.8. The maximum absolute atomic E-state index is 12.4. The number of aliphatic carboxylic acids is 1. The summed E-state index contributed by atoms with van der Waals surface area (Å²) in [4.78, 5) is 41.7. The molecule has 30 heavy (non-hydrogen) atoms. The number of nitrogens with zero attached hydrogens (tertiary/aromatic N) is 3. The van der Waals surface area contributed by atoms with Crippen molar-refractivity contribution in [2.45, 2.75) is 25.9 Å². The number of carboxylic acid groups (broad SMARTS) is 1. The molecule has 0 aliphatic rings. The lowest BCUT2D eigenvalue weighted by atomic mass is 10.1. The number of aryl methyl sites for hydroxylation is 1. The van der Waals surface area contributed by atoms with Gasteiger partial charge in [-0.05, 0) is 24.6 Å². The third-order valence-electron chi connectivity index (χ3n) is 4.38. The van der Waals surface area contributed by atoms with E-state index in [1.165, 1.54) is 6.92 Å². The van der Waals surface area contributed by atoms with Crippen molar-refractivity contribution < 1.29 is 19.5 Å². The van der Waals surface area contributed by atoms with Crippen LogP contribution in [0.2, 0.25) is 0 Å². The molecular weight excluding hydrogens is 390 g/mol. The van der Waals surface area contributed by atoms with E-state index >= 15 is 0 Å². The summed E-state index contributed by atoms with van der Waals surface area (Å²) < 4.78 is 1.86. The number of hydrogen-bond donors (Lipinski definition) is 5. The molecule has 0 fully saturated rings. The van der Waals surface area contributed by atoms with E-state index in [0.29, 0.717) is 12.1 Å². The zero-order valence-corrected chi connectivity index (χ0v) is 16.4. The van der Waals surface area contributed by atoms with Crippen LogP contribution in [0.1, 0.15) is 23.7 Å². The van der Waals surface area contributed by atoms with Gasteiger partial charge >= 0.3 is 5.97 Å². The van der Waals surface area contributed by atoms with E-state index in [2.05, 4.69) is 31.0 Å². The fourth-order valence-corrected chi connectivity index (χ4v) is 2.95. The number of H-pyrrole nitrogens is 1. The van der Waals surface area contributed by atoms with Gasteiger partial charge in [0, 0.05) is 49.9 Å². The molecule has 0 aliphatic heterocycles. The number of nitrogens with one attached hydrogen (secondary N) is 4. The van der Waals surface area contributed by atoms with Crippen molar-refractivity contribution >= 4 is 34.6 Å². The van der Waals surface area contributed by atoms with E-state index in [1.807, 2.05) is 4.68 Å². The fourth-order valence-electron chi connectivity index (χ4n) is 2.95. The van der Waals surface area contributed by atoms with Crippen LogP contribution in [0.4, 0.5) is 5.95 Å². The Morgan fingerprint density at radius 1 is 1.30 bits per heavy atom. The summed E-state index contributed by atoms with van der Waals surface area (Å²) >= 11 is 0. The van der Waals surface area contributed by atoms with Crippen molar-refractivity contribution in [1.29, 1.82) is 0 Å². The number of amides is 2. The Balaban J connectivity index is 1.56. The summed E-state index contributed by atoms with van der Waals surface area (Å²) in [7, 11) is 0. The Hall–Kier alpha value is -3.89. The summed E-state index contributed by atoms with van der Waals surface area (Å²) in [6, 6.07) is 3.97. The van der Waals surface area contributed by atoms with Crippen LogP contribution in [0.5, 0.6) is 0 Å². The Bertz CT molecular complexity index is 1030. The number of anilines is 1. The number of aromatic amines is 1. The van der Waals surface area contributed by atoms with Gasteiger partial charge in [-0.25, -0.2) is 9.78 Å². The highest BCUT2D eigenvalue weighted by Gasteiger charge is 2.19. The summed E-state index contributed by atoms with van der Waals surface area (Å²) in [6.45, 7) is 2.43. The molecule has 0 unspecified atom stereocenters. The van der Waals surface area contributed by atoms with Crippen molar-refractivity contribution in [2.75, 3.05) is 18.4 Å². The Labute approximate surface area is 171 Å². The molecular formula is C19H23N7O4. The number of benzene rings is 1. The van der Waals surface area contributed by atoms with E-state index in [4.69, 9.17) is 5.11 Å². The second-order valence-electron chi connectivity index (χ2n) is 6.66. The number of carbonyl (C=O) groups excluding carboxylic acids is 2. The van der Waals surface area contributed by atoms with Crippen LogP contribution in [0, 0.1) is 0 Å². The van der Waals surface area contributed by atoms with E-state index in [-0.39, 0.29) is 6.54 Å². The summed E-state index contributed by atoms with van der Waals surface area (Å²) in [5.74, 6) is -1.41. The van der Waals surface area contributed by atoms with Crippen LogP contribution in [0.25, 0.3) is 10.9 Å². The van der Waals surface area contributed by atoms with Gasteiger partial charge in [0.1, 0.15) is 6.04 Å². The van der Waals surface area contributed by atoms with Gasteiger partial charge in [-0.15, -0.1) is 0 Å². The number of carboxylic acids is 1. The molecule has 5 N–H and O–H groups in total. The third kappa shape index (κ3) is 5.34. The Kier molecular flexibility index (Phi) is 6.63. The monoisotopic (exact) mass is 413 g/mol. The molecule has 1 aromatic carbocycles. The molecule has 3 aromatic rings. The lowest BCUT2D eigenvalue weighted by Gasteiger charge is -2.14. The Morgan fingerprint density at radius 2 is 2.13 bits per heavy atom. The molecule has 3 rings (SSSR count). The normalized spacial score (nSPS) is 11.8. The largest absolute Gasteiger partial charge is 0.480 e. The topological polar surface area (TPSA) is 154 Å². The molecule has 2 aromatic heterocycles. The van der Waals surface area contributed by atoms with Gasteiger partial charge in [-0.1, -0.05) is 0 Å².